The van der Waals surface area contributed by atoms with Gasteiger partial charge in [-0.25, -0.2) is 0 Å². The van der Waals surface area contributed by atoms with Gasteiger partial charge in [-0.05, 0) is 24.6 Å². The second-order valence-corrected chi connectivity index (χ2v) is 4.54. The van der Waals surface area contributed by atoms with Gasteiger partial charge in [0, 0.05) is 16.8 Å². The van der Waals surface area contributed by atoms with Gasteiger partial charge in [0.25, 0.3) is 0 Å². The molecule has 0 spiro atoms. The summed E-state index contributed by atoms with van der Waals surface area (Å²) in [6.07, 6.45) is 1.88. The maximum absolute atomic E-state index is 8.93. The van der Waals surface area contributed by atoms with E-state index in [0.717, 1.165) is 11.3 Å². The largest absolute Gasteiger partial charge is 0.392 e. The Balaban J connectivity index is 2.03. The van der Waals surface area contributed by atoms with Gasteiger partial charge in [-0.2, -0.15) is 0 Å². The highest BCUT2D eigenvalue weighted by molar-refractivity contribution is 7.09. The molecule has 16 heavy (non-hydrogen) atoms. The molecule has 1 aromatic carbocycles. The quantitative estimate of drug-likeness (QED) is 0.855. The number of aliphatic hydroxyl groups is 1. The number of aromatic nitrogens is 1. The molecular formula is C12H14N2OS. The highest BCUT2D eigenvalue weighted by atomic mass is 32.1. The summed E-state index contributed by atoms with van der Waals surface area (Å²) < 4.78 is 0. The van der Waals surface area contributed by atoms with E-state index in [1.807, 2.05) is 36.0 Å². The van der Waals surface area contributed by atoms with Crippen LogP contribution in [0.25, 0.3) is 0 Å². The Morgan fingerprint density at radius 1 is 1.38 bits per heavy atom. The Bertz CT molecular complexity index is 425. The predicted molar refractivity (Wildman–Crippen MR) is 66.5 cm³/mol. The van der Waals surface area contributed by atoms with Gasteiger partial charge >= 0.3 is 0 Å². The monoisotopic (exact) mass is 234 g/mol. The lowest BCUT2D eigenvalue weighted by Crippen LogP contribution is -2.04. The number of anilines is 1. The Kier molecular flexibility index (Phi) is 3.54. The van der Waals surface area contributed by atoms with Gasteiger partial charge < -0.3 is 10.4 Å². The minimum absolute atomic E-state index is 0.0880. The number of nitrogens with one attached hydrogen (secondary N) is 1. The topological polar surface area (TPSA) is 45.1 Å². The lowest BCUT2D eigenvalue weighted by molar-refractivity contribution is 0.282. The zero-order chi connectivity index (χ0) is 11.4. The highest BCUT2D eigenvalue weighted by Gasteiger charge is 2.06. The molecule has 4 heteroatoms. The van der Waals surface area contributed by atoms with Crippen molar-refractivity contribution >= 4 is 17.0 Å². The SMILES string of the molecule is CC(Nc1ccc(CO)cc1)c1cncs1. The summed E-state index contributed by atoms with van der Waals surface area (Å²) >= 11 is 1.64. The molecular weight excluding hydrogens is 220 g/mol. The molecule has 84 valence electrons. The van der Waals surface area contributed by atoms with Crippen molar-refractivity contribution in [2.45, 2.75) is 19.6 Å². The molecule has 3 nitrogen and oxygen atoms in total. The Morgan fingerprint density at radius 3 is 2.69 bits per heavy atom. The van der Waals surface area contributed by atoms with Gasteiger partial charge in [0.2, 0.25) is 0 Å². The van der Waals surface area contributed by atoms with Crippen molar-refractivity contribution in [3.8, 4) is 0 Å². The fourth-order valence-electron chi connectivity index (χ4n) is 1.47. The van der Waals surface area contributed by atoms with E-state index in [4.69, 9.17) is 5.11 Å². The number of hydrogen-bond acceptors (Lipinski definition) is 4. The number of hydrogen-bond donors (Lipinski definition) is 2. The van der Waals surface area contributed by atoms with E-state index in [1.165, 1.54) is 4.88 Å². The van der Waals surface area contributed by atoms with Crippen molar-refractivity contribution in [1.29, 1.82) is 0 Å². The number of thiazole rings is 1. The normalized spacial score (nSPS) is 12.4. The van der Waals surface area contributed by atoms with E-state index in [1.54, 1.807) is 11.3 Å². The van der Waals surface area contributed by atoms with Crippen LogP contribution in [-0.2, 0) is 6.61 Å². The van der Waals surface area contributed by atoms with Crippen LogP contribution in [0.2, 0.25) is 0 Å². The molecule has 1 atom stereocenters. The van der Waals surface area contributed by atoms with E-state index in [9.17, 15) is 0 Å². The summed E-state index contributed by atoms with van der Waals surface area (Å²) in [6.45, 7) is 2.19. The summed E-state index contributed by atoms with van der Waals surface area (Å²) in [5, 5.41) is 12.3. The molecule has 1 unspecified atom stereocenters. The maximum atomic E-state index is 8.93. The first-order valence-corrected chi connectivity index (χ1v) is 6.02. The van der Waals surface area contributed by atoms with Gasteiger partial charge in [-0.15, -0.1) is 11.3 Å². The standard InChI is InChI=1S/C12H14N2OS/c1-9(12-6-13-8-16-12)14-11-4-2-10(7-15)3-5-11/h2-6,8-9,14-15H,7H2,1H3. The first-order chi connectivity index (χ1) is 7.79. The molecule has 0 fully saturated rings. The number of benzene rings is 1. The van der Waals surface area contributed by atoms with Crippen LogP contribution in [0.3, 0.4) is 0 Å². The fourth-order valence-corrected chi connectivity index (χ4v) is 2.10. The van der Waals surface area contributed by atoms with Crippen molar-refractivity contribution < 1.29 is 5.11 Å². The van der Waals surface area contributed by atoms with Crippen LogP contribution in [-0.4, -0.2) is 10.1 Å². The molecule has 0 aliphatic carbocycles. The summed E-state index contributed by atoms with van der Waals surface area (Å²) in [5.74, 6) is 0. The third kappa shape index (κ3) is 2.59. The van der Waals surface area contributed by atoms with E-state index in [2.05, 4.69) is 17.2 Å². The molecule has 0 aliphatic rings. The summed E-state index contributed by atoms with van der Waals surface area (Å²) in [4.78, 5) is 5.27. The molecule has 0 saturated carbocycles. The molecule has 0 radical (unpaired) electrons. The Labute approximate surface area is 98.8 Å². The summed E-state index contributed by atoms with van der Waals surface area (Å²) in [6, 6.07) is 8.04. The van der Waals surface area contributed by atoms with E-state index in [0.29, 0.717) is 0 Å². The molecule has 2 rings (SSSR count). The van der Waals surface area contributed by atoms with Gasteiger partial charge in [0.15, 0.2) is 0 Å². The second kappa shape index (κ2) is 5.09. The highest BCUT2D eigenvalue weighted by Crippen LogP contribution is 2.21. The number of rotatable bonds is 4. The van der Waals surface area contributed by atoms with Crippen molar-refractivity contribution in [2.24, 2.45) is 0 Å². The Hall–Kier alpha value is -1.39. The number of aliphatic hydroxyl groups excluding tert-OH is 1. The van der Waals surface area contributed by atoms with Gasteiger partial charge in [-0.1, -0.05) is 12.1 Å². The third-order valence-electron chi connectivity index (χ3n) is 2.40. The summed E-state index contributed by atoms with van der Waals surface area (Å²) in [5.41, 5.74) is 3.82. The van der Waals surface area contributed by atoms with Gasteiger partial charge in [0.05, 0.1) is 18.2 Å². The minimum Gasteiger partial charge on any atom is -0.392 e. The lowest BCUT2D eigenvalue weighted by Gasteiger charge is -2.13. The van der Waals surface area contributed by atoms with E-state index >= 15 is 0 Å². The molecule has 0 amide bonds. The molecule has 0 bridgehead atoms. The van der Waals surface area contributed by atoms with E-state index < -0.39 is 0 Å². The van der Waals surface area contributed by atoms with Crippen molar-refractivity contribution in [3.05, 3.63) is 46.4 Å². The van der Waals surface area contributed by atoms with Crippen LogP contribution in [0.15, 0.2) is 36.0 Å². The first kappa shape index (κ1) is 11.1. The average Bonchev–Trinajstić information content (AvgIpc) is 2.83. The van der Waals surface area contributed by atoms with Gasteiger partial charge in [0.1, 0.15) is 0 Å². The van der Waals surface area contributed by atoms with Crippen molar-refractivity contribution in [1.82, 2.24) is 4.98 Å². The van der Waals surface area contributed by atoms with Crippen molar-refractivity contribution in [2.75, 3.05) is 5.32 Å². The molecule has 0 saturated heterocycles. The molecule has 0 aliphatic heterocycles. The van der Waals surface area contributed by atoms with Crippen LogP contribution in [0.4, 0.5) is 5.69 Å². The smallest absolute Gasteiger partial charge is 0.0795 e. The minimum atomic E-state index is 0.0880. The zero-order valence-corrected chi connectivity index (χ0v) is 9.87. The Morgan fingerprint density at radius 2 is 2.12 bits per heavy atom. The zero-order valence-electron chi connectivity index (χ0n) is 9.05. The van der Waals surface area contributed by atoms with E-state index in [-0.39, 0.29) is 12.6 Å². The summed E-state index contributed by atoms with van der Waals surface area (Å²) in [7, 11) is 0. The van der Waals surface area contributed by atoms with Crippen LogP contribution < -0.4 is 5.32 Å². The van der Waals surface area contributed by atoms with Crippen LogP contribution >= 0.6 is 11.3 Å². The van der Waals surface area contributed by atoms with Crippen LogP contribution in [0, 0.1) is 0 Å². The molecule has 1 aromatic heterocycles. The third-order valence-corrected chi connectivity index (χ3v) is 3.36. The second-order valence-electron chi connectivity index (χ2n) is 3.62. The lowest BCUT2D eigenvalue weighted by atomic mass is 10.2. The van der Waals surface area contributed by atoms with Crippen molar-refractivity contribution in [3.63, 3.8) is 0 Å². The molecule has 1 heterocycles. The first-order valence-electron chi connectivity index (χ1n) is 5.14. The molecule has 2 N–H and O–H groups in total. The van der Waals surface area contributed by atoms with Crippen LogP contribution in [0.5, 0.6) is 0 Å². The predicted octanol–water partition coefficient (Wildman–Crippen LogP) is 2.81. The maximum Gasteiger partial charge on any atom is 0.0795 e. The van der Waals surface area contributed by atoms with Gasteiger partial charge in [-0.3, -0.25) is 4.98 Å². The van der Waals surface area contributed by atoms with Crippen LogP contribution in [0.1, 0.15) is 23.4 Å². The average molecular weight is 234 g/mol. The fraction of sp³-hybridized carbons (Fsp3) is 0.250. The number of nitrogens with zero attached hydrogens (tertiary/aromatic N) is 1. The molecule has 2 aromatic rings.